The Labute approximate surface area is 121 Å². The summed E-state index contributed by atoms with van der Waals surface area (Å²) in [5.74, 6) is 0. The molecular weight excluding hydrogens is 256 g/mol. The van der Waals surface area contributed by atoms with E-state index in [0.717, 1.165) is 18.8 Å². The van der Waals surface area contributed by atoms with Crippen LogP contribution >= 0.6 is 0 Å². The summed E-state index contributed by atoms with van der Waals surface area (Å²) in [6, 6.07) is 7.96. The van der Waals surface area contributed by atoms with Crippen molar-refractivity contribution in [1.82, 2.24) is 4.90 Å². The summed E-state index contributed by atoms with van der Waals surface area (Å²) in [6.45, 7) is 4.99. The zero-order valence-corrected chi connectivity index (χ0v) is 12.5. The van der Waals surface area contributed by atoms with Crippen LogP contribution in [-0.4, -0.2) is 58.6 Å². The van der Waals surface area contributed by atoms with E-state index in [1.54, 1.807) is 7.11 Å². The number of hydrogen-bond acceptors (Lipinski definition) is 5. The molecule has 0 bridgehead atoms. The number of likely N-dealkylation sites (N-methyl/N-ethyl adjacent to an activating group) is 1. The molecule has 114 valence electrons. The van der Waals surface area contributed by atoms with Crippen LogP contribution in [-0.2, 0) is 20.8 Å². The first-order valence-electron chi connectivity index (χ1n) is 6.89. The first-order valence-corrected chi connectivity index (χ1v) is 6.89. The summed E-state index contributed by atoms with van der Waals surface area (Å²) in [7, 11) is 3.74. The van der Waals surface area contributed by atoms with Gasteiger partial charge < -0.3 is 19.9 Å². The second-order valence-corrected chi connectivity index (χ2v) is 4.70. The number of nitrogens with two attached hydrogens (primary N) is 1. The SMILES string of the molecule is COCCOCCOCCN(C)Cc1ccc(N)cc1. The number of nitrogen functional groups attached to an aromatic ring is 1. The normalized spacial score (nSPS) is 11.2. The molecule has 0 aliphatic carbocycles. The molecule has 0 aliphatic heterocycles. The fourth-order valence-electron chi connectivity index (χ4n) is 1.70. The van der Waals surface area contributed by atoms with Crippen LogP contribution in [0, 0.1) is 0 Å². The molecule has 0 spiro atoms. The Balaban J connectivity index is 2.00. The average Bonchev–Trinajstić information content (AvgIpc) is 2.44. The Morgan fingerprint density at radius 1 is 0.950 bits per heavy atom. The van der Waals surface area contributed by atoms with Gasteiger partial charge in [-0.05, 0) is 24.7 Å². The Bertz CT molecular complexity index is 343. The number of ether oxygens (including phenoxy) is 3. The maximum atomic E-state index is 5.66. The molecule has 0 saturated carbocycles. The molecule has 0 fully saturated rings. The van der Waals surface area contributed by atoms with Gasteiger partial charge in [-0.1, -0.05) is 12.1 Å². The highest BCUT2D eigenvalue weighted by Crippen LogP contribution is 2.07. The standard InChI is InChI=1S/C15H26N2O3/c1-17(13-14-3-5-15(16)6-4-14)7-8-19-11-12-20-10-9-18-2/h3-6H,7-13,16H2,1-2H3. The zero-order valence-electron chi connectivity index (χ0n) is 12.5. The maximum absolute atomic E-state index is 5.66. The molecule has 0 amide bonds. The first kappa shape index (κ1) is 16.9. The van der Waals surface area contributed by atoms with Gasteiger partial charge in [0, 0.05) is 25.9 Å². The van der Waals surface area contributed by atoms with E-state index in [2.05, 4.69) is 24.1 Å². The van der Waals surface area contributed by atoms with E-state index in [1.165, 1.54) is 5.56 Å². The van der Waals surface area contributed by atoms with Crippen molar-refractivity contribution in [2.24, 2.45) is 0 Å². The van der Waals surface area contributed by atoms with Crippen molar-refractivity contribution in [3.63, 3.8) is 0 Å². The maximum Gasteiger partial charge on any atom is 0.0701 e. The van der Waals surface area contributed by atoms with Crippen molar-refractivity contribution >= 4 is 5.69 Å². The fourth-order valence-corrected chi connectivity index (χ4v) is 1.70. The molecule has 5 nitrogen and oxygen atoms in total. The molecule has 0 aliphatic rings. The van der Waals surface area contributed by atoms with E-state index in [4.69, 9.17) is 19.9 Å². The second kappa shape index (κ2) is 10.6. The third kappa shape index (κ3) is 8.12. The predicted molar refractivity (Wildman–Crippen MR) is 80.7 cm³/mol. The minimum atomic E-state index is 0.616. The summed E-state index contributed by atoms with van der Waals surface area (Å²) >= 11 is 0. The first-order chi connectivity index (χ1) is 9.72. The number of rotatable bonds is 11. The Morgan fingerprint density at radius 2 is 1.55 bits per heavy atom. The van der Waals surface area contributed by atoms with Crippen molar-refractivity contribution in [3.8, 4) is 0 Å². The molecule has 1 rings (SSSR count). The smallest absolute Gasteiger partial charge is 0.0701 e. The molecule has 0 unspecified atom stereocenters. The molecule has 5 heteroatoms. The Hall–Kier alpha value is -1.14. The number of methoxy groups -OCH3 is 1. The molecule has 20 heavy (non-hydrogen) atoms. The van der Waals surface area contributed by atoms with Crippen LogP contribution in [0.3, 0.4) is 0 Å². The van der Waals surface area contributed by atoms with Crippen LogP contribution in [0.15, 0.2) is 24.3 Å². The van der Waals surface area contributed by atoms with Crippen molar-refractivity contribution in [3.05, 3.63) is 29.8 Å². The molecule has 1 aromatic carbocycles. The molecular formula is C15H26N2O3. The lowest BCUT2D eigenvalue weighted by molar-refractivity contribution is 0.0205. The topological polar surface area (TPSA) is 57.0 Å². The Kier molecular flexibility index (Phi) is 8.98. The van der Waals surface area contributed by atoms with E-state index in [9.17, 15) is 0 Å². The zero-order chi connectivity index (χ0) is 14.6. The quantitative estimate of drug-likeness (QED) is 0.491. The predicted octanol–water partition coefficient (Wildman–Crippen LogP) is 1.38. The summed E-state index contributed by atoms with van der Waals surface area (Å²) in [5, 5.41) is 0. The van der Waals surface area contributed by atoms with Gasteiger partial charge in [-0.15, -0.1) is 0 Å². The molecule has 1 aromatic rings. The monoisotopic (exact) mass is 282 g/mol. The lowest BCUT2D eigenvalue weighted by Gasteiger charge is -2.16. The largest absolute Gasteiger partial charge is 0.399 e. The lowest BCUT2D eigenvalue weighted by Crippen LogP contribution is -2.23. The molecule has 0 aromatic heterocycles. The van der Waals surface area contributed by atoms with Crippen LogP contribution in [0.4, 0.5) is 5.69 Å². The van der Waals surface area contributed by atoms with E-state index >= 15 is 0 Å². The minimum absolute atomic E-state index is 0.616. The Morgan fingerprint density at radius 3 is 2.20 bits per heavy atom. The van der Waals surface area contributed by atoms with Gasteiger partial charge in [-0.3, -0.25) is 4.90 Å². The van der Waals surface area contributed by atoms with Gasteiger partial charge in [0.2, 0.25) is 0 Å². The van der Waals surface area contributed by atoms with Gasteiger partial charge in [0.1, 0.15) is 0 Å². The summed E-state index contributed by atoms with van der Waals surface area (Å²) < 4.78 is 15.7. The summed E-state index contributed by atoms with van der Waals surface area (Å²) in [6.07, 6.45) is 0. The average molecular weight is 282 g/mol. The van der Waals surface area contributed by atoms with Crippen molar-refractivity contribution in [2.45, 2.75) is 6.54 Å². The highest BCUT2D eigenvalue weighted by molar-refractivity contribution is 5.39. The number of hydrogen-bond donors (Lipinski definition) is 1. The molecule has 2 N–H and O–H groups in total. The van der Waals surface area contributed by atoms with Crippen LogP contribution in [0.25, 0.3) is 0 Å². The van der Waals surface area contributed by atoms with Crippen LogP contribution in [0.2, 0.25) is 0 Å². The minimum Gasteiger partial charge on any atom is -0.399 e. The fraction of sp³-hybridized carbons (Fsp3) is 0.600. The van der Waals surface area contributed by atoms with Crippen LogP contribution in [0.1, 0.15) is 5.56 Å². The summed E-state index contributed by atoms with van der Waals surface area (Å²) in [4.78, 5) is 2.22. The van der Waals surface area contributed by atoms with Gasteiger partial charge >= 0.3 is 0 Å². The second-order valence-electron chi connectivity index (χ2n) is 4.70. The molecule has 0 heterocycles. The van der Waals surface area contributed by atoms with E-state index in [-0.39, 0.29) is 0 Å². The third-order valence-electron chi connectivity index (χ3n) is 2.85. The van der Waals surface area contributed by atoms with Gasteiger partial charge in [-0.2, -0.15) is 0 Å². The van der Waals surface area contributed by atoms with Crippen LogP contribution in [0.5, 0.6) is 0 Å². The number of anilines is 1. The van der Waals surface area contributed by atoms with Crippen molar-refractivity contribution < 1.29 is 14.2 Å². The van der Waals surface area contributed by atoms with Crippen LogP contribution < -0.4 is 5.73 Å². The number of nitrogens with zero attached hydrogens (tertiary/aromatic N) is 1. The summed E-state index contributed by atoms with van der Waals surface area (Å²) in [5.41, 5.74) is 7.71. The van der Waals surface area contributed by atoms with Gasteiger partial charge in [0.05, 0.1) is 33.0 Å². The molecule has 0 atom stereocenters. The van der Waals surface area contributed by atoms with E-state index < -0.39 is 0 Å². The highest BCUT2D eigenvalue weighted by Gasteiger charge is 2.00. The van der Waals surface area contributed by atoms with Crippen molar-refractivity contribution in [1.29, 1.82) is 0 Å². The number of benzene rings is 1. The van der Waals surface area contributed by atoms with Crippen molar-refractivity contribution in [2.75, 3.05) is 59.5 Å². The van der Waals surface area contributed by atoms with Gasteiger partial charge in [0.25, 0.3) is 0 Å². The molecule has 0 saturated heterocycles. The third-order valence-corrected chi connectivity index (χ3v) is 2.85. The highest BCUT2D eigenvalue weighted by atomic mass is 16.5. The van der Waals surface area contributed by atoms with E-state index in [0.29, 0.717) is 33.0 Å². The lowest BCUT2D eigenvalue weighted by atomic mass is 10.2. The molecule has 0 radical (unpaired) electrons. The van der Waals surface area contributed by atoms with Gasteiger partial charge in [-0.25, -0.2) is 0 Å². The van der Waals surface area contributed by atoms with Gasteiger partial charge in [0.15, 0.2) is 0 Å². The van der Waals surface area contributed by atoms with E-state index in [1.807, 2.05) is 12.1 Å².